The maximum atomic E-state index is 12.9. The molecular formula is C23H30N10O5. The van der Waals surface area contributed by atoms with E-state index in [-0.39, 0.29) is 29.5 Å². The molecule has 3 heterocycles. The van der Waals surface area contributed by atoms with E-state index in [4.69, 9.17) is 5.73 Å². The van der Waals surface area contributed by atoms with Crippen molar-refractivity contribution in [2.45, 2.75) is 0 Å². The maximum absolute atomic E-state index is 12.9. The second-order valence-electron chi connectivity index (χ2n) is 8.70. The summed E-state index contributed by atoms with van der Waals surface area (Å²) in [6, 6.07) is 4.18. The molecule has 0 spiro atoms. The van der Waals surface area contributed by atoms with Gasteiger partial charge >= 0.3 is 0 Å². The summed E-state index contributed by atoms with van der Waals surface area (Å²) < 4.78 is 4.45. The number of hydrogen-bond acceptors (Lipinski definition) is 6. The number of anilines is 2. The van der Waals surface area contributed by atoms with Gasteiger partial charge in [-0.05, 0) is 12.1 Å². The van der Waals surface area contributed by atoms with Crippen LogP contribution in [0.3, 0.4) is 0 Å². The Bertz CT molecular complexity index is 1410. The Labute approximate surface area is 218 Å². The molecule has 15 heteroatoms. The molecule has 3 amide bonds. The molecule has 3 aromatic heterocycles. The first-order chi connectivity index (χ1) is 17.9. The molecule has 0 bridgehead atoms. The first kappa shape index (κ1) is 27.5. The van der Waals surface area contributed by atoms with Gasteiger partial charge in [0.15, 0.2) is 5.96 Å². The highest BCUT2D eigenvalue weighted by molar-refractivity contribution is 6.07. The van der Waals surface area contributed by atoms with Crippen LogP contribution in [0, 0.1) is 10.1 Å². The second-order valence-corrected chi connectivity index (χ2v) is 8.70. The zero-order valence-corrected chi connectivity index (χ0v) is 21.7. The molecule has 0 aliphatic carbocycles. The molecule has 0 radical (unpaired) electrons. The Balaban J connectivity index is 1.63. The first-order valence-electron chi connectivity index (χ1n) is 11.4. The predicted molar refractivity (Wildman–Crippen MR) is 141 cm³/mol. The van der Waals surface area contributed by atoms with E-state index >= 15 is 0 Å². The fraction of sp³-hybridized carbons (Fsp3) is 0.304. The predicted octanol–water partition coefficient (Wildman–Crippen LogP) is 0.721. The molecule has 15 nitrogen and oxygen atoms in total. The fourth-order valence-electron chi connectivity index (χ4n) is 3.55. The monoisotopic (exact) mass is 526 g/mol. The minimum absolute atomic E-state index is 0.0922. The molecule has 0 saturated heterocycles. The Morgan fingerprint density at radius 1 is 0.895 bits per heavy atom. The average Bonchev–Trinajstić information content (AvgIpc) is 3.52. The number of aryl methyl sites for hydroxylation is 3. The lowest BCUT2D eigenvalue weighted by Gasteiger charge is -2.10. The van der Waals surface area contributed by atoms with Crippen molar-refractivity contribution >= 4 is 40.7 Å². The van der Waals surface area contributed by atoms with Gasteiger partial charge in [0.05, 0.1) is 29.0 Å². The lowest BCUT2D eigenvalue weighted by Crippen LogP contribution is -2.32. The highest BCUT2D eigenvalue weighted by Gasteiger charge is 2.20. The van der Waals surface area contributed by atoms with Crippen molar-refractivity contribution < 1.29 is 19.3 Å². The average molecular weight is 527 g/mol. The van der Waals surface area contributed by atoms with Crippen LogP contribution < -0.4 is 21.7 Å². The number of amides is 3. The number of nitrogens with two attached hydrogens (primary N) is 1. The molecule has 0 unspecified atom stereocenters. The van der Waals surface area contributed by atoms with Crippen LogP contribution >= 0.6 is 0 Å². The molecule has 0 fully saturated rings. The summed E-state index contributed by atoms with van der Waals surface area (Å²) in [5.41, 5.74) is 6.92. The van der Waals surface area contributed by atoms with Crippen molar-refractivity contribution in [1.82, 2.24) is 23.9 Å². The third-order valence-electron chi connectivity index (χ3n) is 5.55. The van der Waals surface area contributed by atoms with E-state index in [2.05, 4.69) is 20.9 Å². The van der Waals surface area contributed by atoms with Gasteiger partial charge in [0, 0.05) is 60.2 Å². The number of rotatable bonds is 9. The summed E-state index contributed by atoms with van der Waals surface area (Å²) in [6.07, 6.45) is 4.38. The summed E-state index contributed by atoms with van der Waals surface area (Å²) >= 11 is 0. The van der Waals surface area contributed by atoms with Crippen LogP contribution in [0.15, 0.2) is 41.8 Å². The van der Waals surface area contributed by atoms with E-state index in [0.29, 0.717) is 29.6 Å². The van der Waals surface area contributed by atoms with Crippen molar-refractivity contribution in [3.8, 4) is 0 Å². The number of aromatic nitrogens is 3. The van der Waals surface area contributed by atoms with Gasteiger partial charge in [-0.2, -0.15) is 0 Å². The smallest absolute Gasteiger partial charge is 0.287 e. The van der Waals surface area contributed by atoms with Gasteiger partial charge in [-0.15, -0.1) is 0 Å². The van der Waals surface area contributed by atoms with Gasteiger partial charge in [0.2, 0.25) is 0 Å². The number of carbonyl (C=O) groups is 3. The van der Waals surface area contributed by atoms with Crippen LogP contribution in [0.5, 0.6) is 0 Å². The van der Waals surface area contributed by atoms with Gasteiger partial charge < -0.3 is 40.3 Å². The van der Waals surface area contributed by atoms with Gasteiger partial charge in [-0.3, -0.25) is 29.5 Å². The number of nitrogens with zero attached hydrogens (tertiary/aromatic N) is 6. The van der Waals surface area contributed by atoms with E-state index in [9.17, 15) is 24.5 Å². The molecule has 5 N–H and O–H groups in total. The van der Waals surface area contributed by atoms with E-state index < -0.39 is 16.7 Å². The lowest BCUT2D eigenvalue weighted by molar-refractivity contribution is -0.384. The van der Waals surface area contributed by atoms with Crippen molar-refractivity contribution in [3.05, 3.63) is 64.0 Å². The third kappa shape index (κ3) is 6.37. The lowest BCUT2D eigenvalue weighted by atomic mass is 10.3. The molecule has 3 aromatic rings. The van der Waals surface area contributed by atoms with Crippen molar-refractivity contribution in [1.29, 1.82) is 0 Å². The van der Waals surface area contributed by atoms with E-state index in [0.717, 1.165) is 0 Å². The maximum Gasteiger partial charge on any atom is 0.287 e. The normalized spacial score (nSPS) is 11.2. The summed E-state index contributed by atoms with van der Waals surface area (Å²) in [5.74, 6) is -1.01. The highest BCUT2D eigenvalue weighted by atomic mass is 16.6. The molecule has 202 valence electrons. The molecular weight excluding hydrogens is 496 g/mol. The number of nitro groups is 1. The SMILES string of the molecule is CN(C)C(N)=NCCNC(=O)c1cc(NC(=O)c2cc(NC(=O)c3cc([N+](=O)[O-])cn3C)cn2C)cn1C. The number of guanidine groups is 1. The molecule has 0 aliphatic heterocycles. The minimum atomic E-state index is -0.586. The van der Waals surface area contributed by atoms with Crippen LogP contribution in [0.25, 0.3) is 0 Å². The highest BCUT2D eigenvalue weighted by Crippen LogP contribution is 2.20. The third-order valence-corrected chi connectivity index (χ3v) is 5.55. The standard InChI is InChI=1S/C23H30N10O5/c1-29(2)23(24)26-7-6-25-20(34)17-8-14(11-30(17)3)27-21(35)18-9-15(12-31(18)4)28-22(36)19-10-16(33(37)38)13-32(19)5/h8-13H,6-7H2,1-5H3,(H2,24,26)(H,25,34)(H,27,35)(H,28,36). The molecule has 0 aromatic carbocycles. The summed E-state index contributed by atoms with van der Waals surface area (Å²) in [4.78, 5) is 54.2. The molecule has 0 saturated carbocycles. The van der Waals surface area contributed by atoms with Gasteiger partial charge in [0.25, 0.3) is 23.4 Å². The Morgan fingerprint density at radius 2 is 1.37 bits per heavy atom. The summed E-state index contributed by atoms with van der Waals surface area (Å²) in [6.45, 7) is 0.602. The Kier molecular flexibility index (Phi) is 8.19. The zero-order valence-electron chi connectivity index (χ0n) is 21.7. The first-order valence-corrected chi connectivity index (χ1v) is 11.4. The topological polar surface area (TPSA) is 187 Å². The van der Waals surface area contributed by atoms with Crippen LogP contribution in [-0.4, -0.2) is 74.4 Å². The zero-order chi connectivity index (χ0) is 28.1. The van der Waals surface area contributed by atoms with Gasteiger partial charge in [-0.25, -0.2) is 0 Å². The van der Waals surface area contributed by atoms with Crippen LogP contribution in [0.2, 0.25) is 0 Å². The van der Waals surface area contributed by atoms with Crippen LogP contribution in [0.4, 0.5) is 17.1 Å². The summed E-state index contributed by atoms with van der Waals surface area (Å²) in [7, 11) is 8.37. The quantitative estimate of drug-likeness (QED) is 0.104. The van der Waals surface area contributed by atoms with Crippen molar-refractivity contribution in [2.24, 2.45) is 31.9 Å². The number of hydrogen-bond donors (Lipinski definition) is 4. The summed E-state index contributed by atoms with van der Waals surface area (Å²) in [5, 5.41) is 19.1. The van der Waals surface area contributed by atoms with E-state index in [1.165, 1.54) is 34.5 Å². The van der Waals surface area contributed by atoms with E-state index in [1.807, 2.05) is 0 Å². The largest absolute Gasteiger partial charge is 0.370 e. The van der Waals surface area contributed by atoms with Gasteiger partial charge in [0.1, 0.15) is 17.1 Å². The van der Waals surface area contributed by atoms with Crippen LogP contribution in [0.1, 0.15) is 31.5 Å². The minimum Gasteiger partial charge on any atom is -0.370 e. The number of nitrogens with one attached hydrogen (secondary N) is 3. The Hall–Kier alpha value is -5.08. The van der Waals surface area contributed by atoms with Gasteiger partial charge in [-0.1, -0.05) is 0 Å². The van der Waals surface area contributed by atoms with E-state index in [1.54, 1.807) is 56.1 Å². The fourth-order valence-corrected chi connectivity index (χ4v) is 3.55. The second kappa shape index (κ2) is 11.3. The molecule has 3 rings (SSSR count). The van der Waals surface area contributed by atoms with Crippen molar-refractivity contribution in [2.75, 3.05) is 37.8 Å². The number of aliphatic imine (C=N–C) groups is 1. The molecule has 0 atom stereocenters. The molecule has 38 heavy (non-hydrogen) atoms. The van der Waals surface area contributed by atoms with Crippen molar-refractivity contribution in [3.63, 3.8) is 0 Å². The molecule has 0 aliphatic rings. The van der Waals surface area contributed by atoms with Crippen LogP contribution in [-0.2, 0) is 21.1 Å². The number of carbonyl (C=O) groups excluding carboxylic acids is 3. The Morgan fingerprint density at radius 3 is 1.84 bits per heavy atom.